The van der Waals surface area contributed by atoms with Crippen LogP contribution in [0, 0.1) is 6.92 Å². The number of nitrogens with zero attached hydrogens (tertiary/aromatic N) is 1. The fraction of sp³-hybridized carbons (Fsp3) is 0.200. The van der Waals surface area contributed by atoms with Gasteiger partial charge in [0.05, 0.1) is 0 Å². The van der Waals surface area contributed by atoms with Crippen LogP contribution >= 0.6 is 0 Å². The van der Waals surface area contributed by atoms with Crippen LogP contribution < -0.4 is 4.90 Å². The molecule has 0 radical (unpaired) electrons. The van der Waals surface area contributed by atoms with Crippen molar-refractivity contribution >= 4 is 5.69 Å². The first-order valence-electron chi connectivity index (χ1n) is 5.52. The van der Waals surface area contributed by atoms with Crippen LogP contribution in [0.5, 0.6) is 0 Å². The zero-order valence-corrected chi connectivity index (χ0v) is 10.1. The van der Waals surface area contributed by atoms with Gasteiger partial charge in [-0.1, -0.05) is 36.4 Å². The molecule has 0 fully saturated rings. The first-order chi connectivity index (χ1) is 7.68. The van der Waals surface area contributed by atoms with E-state index >= 15 is 0 Å². The average Bonchev–Trinajstić information content (AvgIpc) is 2.29. The summed E-state index contributed by atoms with van der Waals surface area (Å²) in [7, 11) is 4.15. The SMILES string of the molecule is Cc1cc(-c2ccccc2)ccc1N(C)C. The van der Waals surface area contributed by atoms with Crippen LogP contribution in [0.3, 0.4) is 0 Å². The molecular formula is C15H17N. The van der Waals surface area contributed by atoms with Crippen molar-refractivity contribution in [1.82, 2.24) is 0 Å². The molecule has 0 unspecified atom stereocenters. The maximum Gasteiger partial charge on any atom is 0.0391 e. The number of rotatable bonds is 2. The van der Waals surface area contributed by atoms with E-state index in [1.165, 1.54) is 22.4 Å². The topological polar surface area (TPSA) is 3.24 Å². The second kappa shape index (κ2) is 4.40. The van der Waals surface area contributed by atoms with Crippen LogP contribution in [0.1, 0.15) is 5.56 Å². The van der Waals surface area contributed by atoms with Gasteiger partial charge < -0.3 is 4.90 Å². The van der Waals surface area contributed by atoms with Crippen molar-refractivity contribution in [2.45, 2.75) is 6.92 Å². The molecule has 0 saturated carbocycles. The lowest BCUT2D eigenvalue weighted by molar-refractivity contribution is 1.11. The number of hydrogen-bond acceptors (Lipinski definition) is 1. The Kier molecular flexibility index (Phi) is 2.95. The maximum atomic E-state index is 2.24. The van der Waals surface area contributed by atoms with Crippen molar-refractivity contribution in [1.29, 1.82) is 0 Å². The van der Waals surface area contributed by atoms with Crippen molar-refractivity contribution in [3.8, 4) is 11.1 Å². The quantitative estimate of drug-likeness (QED) is 0.731. The summed E-state index contributed by atoms with van der Waals surface area (Å²) in [4.78, 5) is 2.14. The predicted octanol–water partition coefficient (Wildman–Crippen LogP) is 3.73. The van der Waals surface area contributed by atoms with Crippen LogP contribution in [0.2, 0.25) is 0 Å². The molecule has 2 rings (SSSR count). The zero-order valence-electron chi connectivity index (χ0n) is 10.1. The Morgan fingerprint density at radius 3 is 2.06 bits per heavy atom. The normalized spacial score (nSPS) is 10.2. The average molecular weight is 211 g/mol. The summed E-state index contributed by atoms with van der Waals surface area (Å²) in [6.45, 7) is 2.15. The lowest BCUT2D eigenvalue weighted by Crippen LogP contribution is -2.09. The monoisotopic (exact) mass is 211 g/mol. The van der Waals surface area contributed by atoms with Gasteiger partial charge in [-0.2, -0.15) is 0 Å². The fourth-order valence-electron chi connectivity index (χ4n) is 1.97. The largest absolute Gasteiger partial charge is 0.377 e. The molecule has 0 aliphatic carbocycles. The lowest BCUT2D eigenvalue weighted by Gasteiger charge is -2.16. The van der Waals surface area contributed by atoms with Gasteiger partial charge in [0, 0.05) is 19.8 Å². The van der Waals surface area contributed by atoms with Gasteiger partial charge in [0.15, 0.2) is 0 Å². The fourth-order valence-corrected chi connectivity index (χ4v) is 1.97. The molecule has 1 heteroatoms. The summed E-state index contributed by atoms with van der Waals surface area (Å²) in [6.07, 6.45) is 0. The summed E-state index contributed by atoms with van der Waals surface area (Å²) in [5.41, 5.74) is 5.14. The minimum Gasteiger partial charge on any atom is -0.377 e. The Bertz CT molecular complexity index is 472. The summed E-state index contributed by atoms with van der Waals surface area (Å²) >= 11 is 0. The van der Waals surface area contributed by atoms with Gasteiger partial charge >= 0.3 is 0 Å². The highest BCUT2D eigenvalue weighted by atomic mass is 15.1. The Morgan fingerprint density at radius 1 is 0.812 bits per heavy atom. The molecule has 2 aromatic rings. The van der Waals surface area contributed by atoms with Crippen LogP contribution in [-0.4, -0.2) is 14.1 Å². The molecule has 0 spiro atoms. The highest BCUT2D eigenvalue weighted by molar-refractivity contribution is 5.68. The zero-order chi connectivity index (χ0) is 11.5. The molecular weight excluding hydrogens is 194 g/mol. The molecule has 2 aromatic carbocycles. The highest BCUT2D eigenvalue weighted by Gasteiger charge is 2.02. The smallest absolute Gasteiger partial charge is 0.0391 e. The van der Waals surface area contributed by atoms with Gasteiger partial charge in [-0.15, -0.1) is 0 Å². The standard InChI is InChI=1S/C15H17N/c1-12-11-14(9-10-15(12)16(2)3)13-7-5-4-6-8-13/h4-11H,1-3H3. The molecule has 0 N–H and O–H groups in total. The summed E-state index contributed by atoms with van der Waals surface area (Å²) < 4.78 is 0. The van der Waals surface area contributed by atoms with E-state index in [1.807, 2.05) is 6.07 Å². The van der Waals surface area contributed by atoms with Crippen molar-refractivity contribution in [2.24, 2.45) is 0 Å². The van der Waals surface area contributed by atoms with E-state index in [4.69, 9.17) is 0 Å². The van der Waals surface area contributed by atoms with Gasteiger partial charge in [0.1, 0.15) is 0 Å². The second-order valence-electron chi connectivity index (χ2n) is 4.26. The van der Waals surface area contributed by atoms with E-state index in [1.54, 1.807) is 0 Å². The van der Waals surface area contributed by atoms with Gasteiger partial charge in [-0.25, -0.2) is 0 Å². The van der Waals surface area contributed by atoms with Crippen LogP contribution in [0.25, 0.3) is 11.1 Å². The number of anilines is 1. The second-order valence-corrected chi connectivity index (χ2v) is 4.26. The third-order valence-electron chi connectivity index (χ3n) is 2.79. The molecule has 0 aliphatic rings. The summed E-state index contributed by atoms with van der Waals surface area (Å²) in [6, 6.07) is 17.1. The van der Waals surface area contributed by atoms with Crippen molar-refractivity contribution < 1.29 is 0 Å². The molecule has 82 valence electrons. The molecule has 0 saturated heterocycles. The van der Waals surface area contributed by atoms with E-state index in [0.717, 1.165) is 0 Å². The van der Waals surface area contributed by atoms with Gasteiger partial charge in [-0.05, 0) is 35.7 Å². The third-order valence-corrected chi connectivity index (χ3v) is 2.79. The van der Waals surface area contributed by atoms with E-state index in [0.29, 0.717) is 0 Å². The first kappa shape index (κ1) is 10.7. The molecule has 0 aliphatic heterocycles. The van der Waals surface area contributed by atoms with E-state index in [-0.39, 0.29) is 0 Å². The van der Waals surface area contributed by atoms with Crippen LogP contribution in [0.4, 0.5) is 5.69 Å². The minimum atomic E-state index is 1.27. The Morgan fingerprint density at radius 2 is 1.50 bits per heavy atom. The van der Waals surface area contributed by atoms with Crippen molar-refractivity contribution in [2.75, 3.05) is 19.0 Å². The number of aryl methyl sites for hydroxylation is 1. The highest BCUT2D eigenvalue weighted by Crippen LogP contribution is 2.25. The summed E-state index contributed by atoms with van der Waals surface area (Å²) in [5, 5.41) is 0. The number of benzene rings is 2. The van der Waals surface area contributed by atoms with Gasteiger partial charge in [0.25, 0.3) is 0 Å². The third kappa shape index (κ3) is 2.08. The van der Waals surface area contributed by atoms with Crippen LogP contribution in [0.15, 0.2) is 48.5 Å². The molecule has 16 heavy (non-hydrogen) atoms. The molecule has 0 bridgehead atoms. The van der Waals surface area contributed by atoms with Crippen molar-refractivity contribution in [3.05, 3.63) is 54.1 Å². The van der Waals surface area contributed by atoms with E-state index in [2.05, 4.69) is 68.4 Å². The lowest BCUT2D eigenvalue weighted by atomic mass is 10.0. The predicted molar refractivity (Wildman–Crippen MR) is 70.9 cm³/mol. The van der Waals surface area contributed by atoms with E-state index < -0.39 is 0 Å². The molecule has 0 aromatic heterocycles. The Labute approximate surface area is 97.3 Å². The maximum absolute atomic E-state index is 2.24. The molecule has 0 amide bonds. The van der Waals surface area contributed by atoms with Crippen LogP contribution in [-0.2, 0) is 0 Å². The molecule has 0 atom stereocenters. The first-order valence-corrected chi connectivity index (χ1v) is 5.52. The van der Waals surface area contributed by atoms with Crippen molar-refractivity contribution in [3.63, 3.8) is 0 Å². The Hall–Kier alpha value is -1.76. The van der Waals surface area contributed by atoms with E-state index in [9.17, 15) is 0 Å². The molecule has 0 heterocycles. The number of hydrogen-bond donors (Lipinski definition) is 0. The summed E-state index contributed by atoms with van der Waals surface area (Å²) in [5.74, 6) is 0. The minimum absolute atomic E-state index is 1.27. The van der Waals surface area contributed by atoms with Gasteiger partial charge in [-0.3, -0.25) is 0 Å². The van der Waals surface area contributed by atoms with Gasteiger partial charge in [0.2, 0.25) is 0 Å². The Balaban J connectivity index is 2.43. The molecule has 1 nitrogen and oxygen atoms in total.